The molecule has 0 bridgehead atoms. The fourth-order valence-electron chi connectivity index (χ4n) is 2.36. The van der Waals surface area contributed by atoms with Crippen LogP contribution in [0.1, 0.15) is 31.9 Å². The zero-order chi connectivity index (χ0) is 19.9. The van der Waals surface area contributed by atoms with Crippen molar-refractivity contribution in [3.63, 3.8) is 0 Å². The van der Waals surface area contributed by atoms with E-state index in [1.807, 2.05) is 24.3 Å². The van der Waals surface area contributed by atoms with E-state index in [2.05, 4.69) is 26.1 Å². The molecule has 27 heavy (non-hydrogen) atoms. The van der Waals surface area contributed by atoms with Gasteiger partial charge in [0.15, 0.2) is 6.61 Å². The molecule has 6 heteroatoms. The summed E-state index contributed by atoms with van der Waals surface area (Å²) in [6.45, 7) is 6.90. The Balaban J connectivity index is 1.65. The number of hydrogen-bond acceptors (Lipinski definition) is 3. The lowest BCUT2D eigenvalue weighted by Crippen LogP contribution is -2.30. The number of benzene rings is 2. The lowest BCUT2D eigenvalue weighted by Gasteiger charge is -2.19. The summed E-state index contributed by atoms with van der Waals surface area (Å²) < 4.78 is 19.2. The zero-order valence-electron chi connectivity index (χ0n) is 15.9. The van der Waals surface area contributed by atoms with Crippen LogP contribution >= 0.6 is 23.4 Å². The molecule has 0 aliphatic carbocycles. The molecule has 1 N–H and O–H groups in total. The van der Waals surface area contributed by atoms with E-state index in [1.165, 1.54) is 23.4 Å². The predicted octanol–water partition coefficient (Wildman–Crippen LogP) is 5.21. The van der Waals surface area contributed by atoms with Crippen LogP contribution in [0.2, 0.25) is 5.02 Å². The minimum Gasteiger partial charge on any atom is -0.484 e. The molecule has 0 saturated carbocycles. The van der Waals surface area contributed by atoms with Crippen molar-refractivity contribution in [1.82, 2.24) is 5.32 Å². The van der Waals surface area contributed by atoms with Crippen molar-refractivity contribution in [1.29, 1.82) is 0 Å². The molecule has 0 fully saturated rings. The summed E-state index contributed by atoms with van der Waals surface area (Å²) in [6, 6.07) is 12.4. The number of halogens is 2. The normalized spacial score (nSPS) is 11.3. The molecule has 0 heterocycles. The van der Waals surface area contributed by atoms with Crippen molar-refractivity contribution in [3.05, 3.63) is 64.4 Å². The molecule has 0 unspecified atom stereocenters. The third kappa shape index (κ3) is 7.07. The van der Waals surface area contributed by atoms with Gasteiger partial charge >= 0.3 is 0 Å². The fraction of sp³-hybridized carbons (Fsp3) is 0.381. The maximum Gasteiger partial charge on any atom is 0.257 e. The van der Waals surface area contributed by atoms with E-state index in [-0.39, 0.29) is 23.7 Å². The Morgan fingerprint density at radius 1 is 1.19 bits per heavy atom. The summed E-state index contributed by atoms with van der Waals surface area (Å²) >= 11 is 7.50. The standard InChI is InChI=1S/C21H25ClFNO2S/c1-21(2,3)15-7-9-16(10-8-15)26-13-20(25)24-11-12-27-14-17-18(22)5-4-6-19(17)23/h4-10H,11-14H2,1-3H3,(H,24,25). The predicted molar refractivity (Wildman–Crippen MR) is 111 cm³/mol. The number of rotatable bonds is 8. The molecule has 0 aliphatic heterocycles. The SMILES string of the molecule is CC(C)(C)c1ccc(OCC(=O)NCCSCc2c(F)cccc2Cl)cc1. The monoisotopic (exact) mass is 409 g/mol. The maximum atomic E-state index is 13.7. The van der Waals surface area contributed by atoms with Gasteiger partial charge in [-0.3, -0.25) is 4.79 Å². The average Bonchev–Trinajstić information content (AvgIpc) is 2.61. The van der Waals surface area contributed by atoms with E-state index in [9.17, 15) is 9.18 Å². The molecule has 2 aromatic carbocycles. The largest absolute Gasteiger partial charge is 0.484 e. The Morgan fingerprint density at radius 2 is 1.89 bits per heavy atom. The number of amides is 1. The van der Waals surface area contributed by atoms with Crippen molar-refractivity contribution in [3.8, 4) is 5.75 Å². The highest BCUT2D eigenvalue weighted by molar-refractivity contribution is 7.98. The highest BCUT2D eigenvalue weighted by Gasteiger charge is 2.13. The molecule has 0 atom stereocenters. The van der Waals surface area contributed by atoms with Crippen LogP contribution in [0.4, 0.5) is 4.39 Å². The van der Waals surface area contributed by atoms with Crippen LogP contribution in [0.25, 0.3) is 0 Å². The van der Waals surface area contributed by atoms with Gasteiger partial charge in [0.2, 0.25) is 0 Å². The molecular formula is C21H25ClFNO2S. The topological polar surface area (TPSA) is 38.3 Å². The zero-order valence-corrected chi connectivity index (χ0v) is 17.4. The van der Waals surface area contributed by atoms with Crippen molar-refractivity contribution in [2.24, 2.45) is 0 Å². The van der Waals surface area contributed by atoms with E-state index in [1.54, 1.807) is 12.1 Å². The molecule has 1 amide bonds. The van der Waals surface area contributed by atoms with E-state index in [0.717, 1.165) is 0 Å². The molecular weight excluding hydrogens is 385 g/mol. The van der Waals surface area contributed by atoms with Crippen LogP contribution < -0.4 is 10.1 Å². The van der Waals surface area contributed by atoms with E-state index >= 15 is 0 Å². The summed E-state index contributed by atoms with van der Waals surface area (Å²) in [5.41, 5.74) is 1.80. The van der Waals surface area contributed by atoms with Gasteiger partial charge in [0, 0.05) is 28.6 Å². The van der Waals surface area contributed by atoms with Gasteiger partial charge in [-0.25, -0.2) is 4.39 Å². The maximum absolute atomic E-state index is 13.7. The molecule has 0 spiro atoms. The summed E-state index contributed by atoms with van der Waals surface area (Å²) in [7, 11) is 0. The van der Waals surface area contributed by atoms with Crippen LogP contribution in [-0.4, -0.2) is 24.8 Å². The van der Waals surface area contributed by atoms with Gasteiger partial charge in [0.05, 0.1) is 0 Å². The minimum atomic E-state index is -0.301. The number of ether oxygens (including phenoxy) is 1. The van der Waals surface area contributed by atoms with Gasteiger partial charge < -0.3 is 10.1 Å². The first-order valence-corrected chi connectivity index (χ1v) is 10.3. The highest BCUT2D eigenvalue weighted by atomic mass is 35.5. The molecule has 0 aromatic heterocycles. The van der Waals surface area contributed by atoms with Crippen LogP contribution in [0.3, 0.4) is 0 Å². The first-order chi connectivity index (χ1) is 12.8. The second-order valence-corrected chi connectivity index (χ2v) is 8.68. The molecule has 2 aromatic rings. The minimum absolute atomic E-state index is 0.0291. The molecule has 146 valence electrons. The van der Waals surface area contributed by atoms with Gasteiger partial charge in [-0.1, -0.05) is 50.6 Å². The second kappa shape index (κ2) is 10.00. The Kier molecular flexibility index (Phi) is 7.99. The Morgan fingerprint density at radius 3 is 2.52 bits per heavy atom. The second-order valence-electron chi connectivity index (χ2n) is 7.17. The molecule has 2 rings (SSSR count). The lowest BCUT2D eigenvalue weighted by molar-refractivity contribution is -0.122. The molecule has 0 saturated heterocycles. The van der Waals surface area contributed by atoms with E-state index in [4.69, 9.17) is 16.3 Å². The van der Waals surface area contributed by atoms with Crippen molar-refractivity contribution < 1.29 is 13.9 Å². The van der Waals surface area contributed by atoms with Crippen LogP contribution in [-0.2, 0) is 16.0 Å². The Bertz CT molecular complexity index is 740. The first-order valence-electron chi connectivity index (χ1n) is 8.78. The van der Waals surface area contributed by atoms with Crippen LogP contribution in [0.15, 0.2) is 42.5 Å². The third-order valence-electron chi connectivity index (χ3n) is 3.97. The Hall–Kier alpha value is -1.72. The summed E-state index contributed by atoms with van der Waals surface area (Å²) in [6.07, 6.45) is 0. The van der Waals surface area contributed by atoms with Gasteiger partial charge in [0.25, 0.3) is 5.91 Å². The fourth-order valence-corrected chi connectivity index (χ4v) is 3.56. The molecule has 3 nitrogen and oxygen atoms in total. The molecule has 0 aliphatic rings. The van der Waals surface area contributed by atoms with Gasteiger partial charge in [0.1, 0.15) is 11.6 Å². The third-order valence-corrected chi connectivity index (χ3v) is 5.31. The number of carbonyl (C=O) groups excluding carboxylic acids is 1. The summed E-state index contributed by atoms with van der Waals surface area (Å²) in [4.78, 5) is 11.9. The summed E-state index contributed by atoms with van der Waals surface area (Å²) in [5.74, 6) is 1.32. The van der Waals surface area contributed by atoms with Crippen molar-refractivity contribution >= 4 is 29.3 Å². The molecule has 0 radical (unpaired) electrons. The van der Waals surface area contributed by atoms with Crippen LogP contribution in [0.5, 0.6) is 5.75 Å². The lowest BCUT2D eigenvalue weighted by atomic mass is 9.87. The van der Waals surface area contributed by atoms with Crippen LogP contribution in [0, 0.1) is 5.82 Å². The number of carbonyl (C=O) groups is 1. The van der Waals surface area contributed by atoms with Gasteiger partial charge in [-0.2, -0.15) is 11.8 Å². The Labute approximate surface area is 169 Å². The number of thioether (sulfide) groups is 1. The first kappa shape index (κ1) is 21.6. The summed E-state index contributed by atoms with van der Waals surface area (Å²) in [5, 5.41) is 3.22. The highest BCUT2D eigenvalue weighted by Crippen LogP contribution is 2.25. The average molecular weight is 410 g/mol. The number of hydrogen-bond donors (Lipinski definition) is 1. The van der Waals surface area contributed by atoms with Crippen molar-refractivity contribution in [2.75, 3.05) is 18.9 Å². The van der Waals surface area contributed by atoms with E-state index in [0.29, 0.717) is 34.4 Å². The quantitative estimate of drug-likeness (QED) is 0.608. The van der Waals surface area contributed by atoms with Crippen molar-refractivity contribution in [2.45, 2.75) is 31.9 Å². The smallest absolute Gasteiger partial charge is 0.257 e. The van der Waals surface area contributed by atoms with Gasteiger partial charge in [-0.05, 0) is 35.2 Å². The number of nitrogens with one attached hydrogen (secondary N) is 1. The van der Waals surface area contributed by atoms with E-state index < -0.39 is 0 Å². The van der Waals surface area contributed by atoms with Gasteiger partial charge in [-0.15, -0.1) is 0 Å².